The third-order valence-electron chi connectivity index (χ3n) is 4.28. The minimum Gasteiger partial charge on any atom is -0.382 e. The summed E-state index contributed by atoms with van der Waals surface area (Å²) in [5, 5.41) is 3.61. The van der Waals surface area contributed by atoms with Crippen molar-refractivity contribution in [3.05, 3.63) is 28.0 Å². The molecule has 1 N–H and O–H groups in total. The molecule has 0 heterocycles. The summed E-state index contributed by atoms with van der Waals surface area (Å²) in [6.07, 6.45) is 5.09. The first kappa shape index (κ1) is 14.8. The average molecular weight is 328 g/mol. The molecule has 0 radical (unpaired) electrons. The van der Waals surface area contributed by atoms with Crippen molar-refractivity contribution >= 4 is 21.6 Å². The Morgan fingerprint density at radius 1 is 1.32 bits per heavy atom. The first-order valence-electron chi connectivity index (χ1n) is 7.19. The van der Waals surface area contributed by atoms with Crippen molar-refractivity contribution in [2.24, 2.45) is 11.8 Å². The molecule has 106 valence electrons. The van der Waals surface area contributed by atoms with Gasteiger partial charge in [-0.1, -0.05) is 26.7 Å². The average Bonchev–Trinajstić information content (AvgIpc) is 2.36. The van der Waals surface area contributed by atoms with E-state index >= 15 is 0 Å². The molecule has 2 unspecified atom stereocenters. The quantitative estimate of drug-likeness (QED) is 0.770. The van der Waals surface area contributed by atoms with Gasteiger partial charge in [0.05, 0.1) is 4.47 Å². The lowest BCUT2D eigenvalue weighted by Gasteiger charge is -2.33. The van der Waals surface area contributed by atoms with Crippen LogP contribution in [0.1, 0.15) is 45.1 Å². The lowest BCUT2D eigenvalue weighted by Crippen LogP contribution is -2.29. The molecule has 1 saturated carbocycles. The van der Waals surface area contributed by atoms with E-state index in [9.17, 15) is 4.39 Å². The van der Waals surface area contributed by atoms with E-state index < -0.39 is 0 Å². The molecule has 0 aliphatic heterocycles. The van der Waals surface area contributed by atoms with Crippen LogP contribution in [-0.4, -0.2) is 6.04 Å². The van der Waals surface area contributed by atoms with Crippen molar-refractivity contribution in [3.63, 3.8) is 0 Å². The third kappa shape index (κ3) is 3.71. The minimum atomic E-state index is -0.188. The molecule has 2 rings (SSSR count). The number of aryl methyl sites for hydroxylation is 1. The van der Waals surface area contributed by atoms with Crippen LogP contribution in [-0.2, 0) is 0 Å². The molecule has 19 heavy (non-hydrogen) atoms. The van der Waals surface area contributed by atoms with E-state index in [4.69, 9.17) is 0 Å². The van der Waals surface area contributed by atoms with Crippen LogP contribution in [0.2, 0.25) is 0 Å². The summed E-state index contributed by atoms with van der Waals surface area (Å²) in [6.45, 7) is 6.58. The molecule has 1 aliphatic carbocycles. The van der Waals surface area contributed by atoms with Gasteiger partial charge in [0.15, 0.2) is 0 Å². The number of hydrogen-bond donors (Lipinski definition) is 1. The van der Waals surface area contributed by atoms with Gasteiger partial charge in [-0.05, 0) is 65.2 Å². The van der Waals surface area contributed by atoms with E-state index in [0.717, 1.165) is 23.1 Å². The van der Waals surface area contributed by atoms with Gasteiger partial charge in [0.25, 0.3) is 0 Å². The minimum absolute atomic E-state index is 0.188. The lowest BCUT2D eigenvalue weighted by atomic mass is 9.79. The highest BCUT2D eigenvalue weighted by Crippen LogP contribution is 2.33. The fourth-order valence-electron chi connectivity index (χ4n) is 2.99. The van der Waals surface area contributed by atoms with Crippen LogP contribution < -0.4 is 5.32 Å². The highest BCUT2D eigenvalue weighted by Gasteiger charge is 2.24. The van der Waals surface area contributed by atoms with E-state index in [0.29, 0.717) is 10.5 Å². The van der Waals surface area contributed by atoms with Gasteiger partial charge >= 0.3 is 0 Å². The largest absolute Gasteiger partial charge is 0.382 e. The van der Waals surface area contributed by atoms with Crippen LogP contribution in [0, 0.1) is 24.6 Å². The highest BCUT2D eigenvalue weighted by atomic mass is 79.9. The second-order valence-electron chi connectivity index (χ2n) is 6.09. The number of hydrogen-bond acceptors (Lipinski definition) is 1. The van der Waals surface area contributed by atoms with E-state index in [1.165, 1.54) is 25.7 Å². The zero-order valence-electron chi connectivity index (χ0n) is 12.0. The van der Waals surface area contributed by atoms with E-state index in [-0.39, 0.29) is 5.82 Å². The molecule has 1 nitrogen and oxygen atoms in total. The molecule has 2 atom stereocenters. The maximum absolute atomic E-state index is 13.4. The Morgan fingerprint density at radius 2 is 2.05 bits per heavy atom. The van der Waals surface area contributed by atoms with Gasteiger partial charge in [0.2, 0.25) is 0 Å². The van der Waals surface area contributed by atoms with Crippen molar-refractivity contribution in [2.45, 2.75) is 52.5 Å². The fourth-order valence-corrected chi connectivity index (χ4v) is 3.33. The zero-order valence-corrected chi connectivity index (χ0v) is 13.6. The normalized spacial score (nSPS) is 23.7. The summed E-state index contributed by atoms with van der Waals surface area (Å²) in [5.41, 5.74) is 2.04. The number of nitrogens with one attached hydrogen (secondary N) is 1. The number of halogens is 2. The molecule has 0 bridgehead atoms. The molecular formula is C16H23BrFN. The first-order chi connectivity index (χ1) is 8.97. The SMILES string of the molecule is Cc1cc(F)c(Br)cc1NC1CCCC(C(C)C)C1. The van der Waals surface area contributed by atoms with Crippen LogP contribution in [0.5, 0.6) is 0 Å². The number of rotatable bonds is 3. The Hall–Kier alpha value is -0.570. The molecule has 1 aromatic carbocycles. The molecule has 0 amide bonds. The lowest BCUT2D eigenvalue weighted by molar-refractivity contribution is 0.264. The molecule has 1 aromatic rings. The Labute approximate surface area is 124 Å². The van der Waals surface area contributed by atoms with Crippen molar-refractivity contribution in [1.29, 1.82) is 0 Å². The van der Waals surface area contributed by atoms with Gasteiger partial charge in [0, 0.05) is 11.7 Å². The number of anilines is 1. The molecule has 0 spiro atoms. The molecule has 3 heteroatoms. The Balaban J connectivity index is 2.06. The summed E-state index contributed by atoms with van der Waals surface area (Å²) in [7, 11) is 0. The van der Waals surface area contributed by atoms with E-state index in [1.54, 1.807) is 6.07 Å². The van der Waals surface area contributed by atoms with E-state index in [2.05, 4.69) is 35.1 Å². The summed E-state index contributed by atoms with van der Waals surface area (Å²) < 4.78 is 14.0. The summed E-state index contributed by atoms with van der Waals surface area (Å²) >= 11 is 3.27. The number of benzene rings is 1. The Bertz CT molecular complexity index is 445. The van der Waals surface area contributed by atoms with Crippen molar-refractivity contribution < 1.29 is 4.39 Å². The Morgan fingerprint density at radius 3 is 2.74 bits per heavy atom. The van der Waals surface area contributed by atoms with Crippen LogP contribution in [0.4, 0.5) is 10.1 Å². The van der Waals surface area contributed by atoms with Gasteiger partial charge < -0.3 is 5.32 Å². The van der Waals surface area contributed by atoms with Gasteiger partial charge in [-0.3, -0.25) is 0 Å². The van der Waals surface area contributed by atoms with Crippen LogP contribution >= 0.6 is 15.9 Å². The van der Waals surface area contributed by atoms with Crippen molar-refractivity contribution in [2.75, 3.05) is 5.32 Å². The Kier molecular flexibility index (Phi) is 4.88. The van der Waals surface area contributed by atoms with Crippen LogP contribution in [0.15, 0.2) is 16.6 Å². The predicted octanol–water partition coefficient (Wildman–Crippen LogP) is 5.52. The summed E-state index contributed by atoms with van der Waals surface area (Å²) in [6, 6.07) is 3.98. The van der Waals surface area contributed by atoms with Gasteiger partial charge in [0.1, 0.15) is 5.82 Å². The zero-order chi connectivity index (χ0) is 14.0. The molecule has 0 saturated heterocycles. The van der Waals surface area contributed by atoms with Crippen LogP contribution in [0.25, 0.3) is 0 Å². The predicted molar refractivity (Wildman–Crippen MR) is 83.0 cm³/mol. The van der Waals surface area contributed by atoms with Crippen LogP contribution in [0.3, 0.4) is 0 Å². The fraction of sp³-hybridized carbons (Fsp3) is 0.625. The highest BCUT2D eigenvalue weighted by molar-refractivity contribution is 9.10. The maximum Gasteiger partial charge on any atom is 0.137 e. The first-order valence-corrected chi connectivity index (χ1v) is 7.99. The van der Waals surface area contributed by atoms with E-state index in [1.807, 2.05) is 13.0 Å². The molecule has 1 fully saturated rings. The van der Waals surface area contributed by atoms with Crippen molar-refractivity contribution in [1.82, 2.24) is 0 Å². The monoisotopic (exact) mass is 327 g/mol. The van der Waals surface area contributed by atoms with Gasteiger partial charge in [-0.2, -0.15) is 0 Å². The standard InChI is InChI=1S/C16H23BrFN/c1-10(2)12-5-4-6-13(8-12)19-16-9-14(17)15(18)7-11(16)3/h7,9-10,12-13,19H,4-6,8H2,1-3H3. The summed E-state index contributed by atoms with van der Waals surface area (Å²) in [5.74, 6) is 1.38. The van der Waals surface area contributed by atoms with Gasteiger partial charge in [-0.25, -0.2) is 4.39 Å². The second kappa shape index (κ2) is 6.25. The van der Waals surface area contributed by atoms with Crippen molar-refractivity contribution in [3.8, 4) is 0 Å². The molecule has 0 aromatic heterocycles. The topological polar surface area (TPSA) is 12.0 Å². The molecule has 1 aliphatic rings. The van der Waals surface area contributed by atoms with Gasteiger partial charge in [-0.15, -0.1) is 0 Å². The molecular weight excluding hydrogens is 305 g/mol. The third-order valence-corrected chi connectivity index (χ3v) is 4.89. The smallest absolute Gasteiger partial charge is 0.137 e. The second-order valence-corrected chi connectivity index (χ2v) is 6.95. The maximum atomic E-state index is 13.4. The summed E-state index contributed by atoms with van der Waals surface area (Å²) in [4.78, 5) is 0.